The molecule has 28 heavy (non-hydrogen) atoms. The molecule has 7 nitrogen and oxygen atoms in total. The highest BCUT2D eigenvalue weighted by molar-refractivity contribution is 6.07. The topological polar surface area (TPSA) is 105 Å². The van der Waals surface area contributed by atoms with Crippen LogP contribution in [0.2, 0.25) is 0 Å². The van der Waals surface area contributed by atoms with E-state index in [1.54, 1.807) is 36.4 Å². The van der Waals surface area contributed by atoms with Crippen molar-refractivity contribution < 1.29 is 19.2 Å². The van der Waals surface area contributed by atoms with Gasteiger partial charge in [0.25, 0.3) is 11.6 Å². The number of carboxylic acid groups (broad SMARTS) is 1. The van der Waals surface area contributed by atoms with E-state index in [1.807, 2.05) is 6.92 Å². The largest absolute Gasteiger partial charge is 0.479 e. The predicted octanol–water partition coefficient (Wildman–Crippen LogP) is 3.61. The summed E-state index contributed by atoms with van der Waals surface area (Å²) in [6.45, 7) is 2.02. The highest BCUT2D eigenvalue weighted by Crippen LogP contribution is 2.40. The molecule has 2 heterocycles. The molecule has 0 unspecified atom stereocenters. The Hall–Kier alpha value is -3.22. The van der Waals surface area contributed by atoms with Crippen molar-refractivity contribution in [3.05, 3.63) is 58.9 Å². The van der Waals surface area contributed by atoms with Gasteiger partial charge < -0.3 is 14.9 Å². The fourth-order valence-electron chi connectivity index (χ4n) is 3.35. The van der Waals surface area contributed by atoms with Crippen LogP contribution in [-0.4, -0.2) is 27.1 Å². The summed E-state index contributed by atoms with van der Waals surface area (Å²) in [5.41, 5.74) is 2.69. The maximum atomic E-state index is 13.1. The third-order valence-electron chi connectivity index (χ3n) is 4.92. The van der Waals surface area contributed by atoms with Gasteiger partial charge >= 0.3 is 5.97 Å². The molecular weight excluding hydrogens is 358 g/mol. The van der Waals surface area contributed by atoms with Crippen molar-refractivity contribution in [1.82, 2.24) is 15.5 Å². The molecule has 0 saturated heterocycles. The zero-order valence-corrected chi connectivity index (χ0v) is 15.5. The van der Waals surface area contributed by atoms with Gasteiger partial charge in [-0.15, -0.1) is 0 Å². The van der Waals surface area contributed by atoms with E-state index >= 15 is 0 Å². The fourth-order valence-corrected chi connectivity index (χ4v) is 3.35. The van der Waals surface area contributed by atoms with E-state index in [9.17, 15) is 14.7 Å². The van der Waals surface area contributed by atoms with Crippen molar-refractivity contribution >= 4 is 23.0 Å². The Morgan fingerprint density at radius 1 is 1.29 bits per heavy atom. The van der Waals surface area contributed by atoms with Gasteiger partial charge in [0, 0.05) is 11.6 Å². The lowest BCUT2D eigenvalue weighted by atomic mass is 10.0. The zero-order chi connectivity index (χ0) is 19.7. The molecule has 1 amide bonds. The minimum Gasteiger partial charge on any atom is -0.479 e. The van der Waals surface area contributed by atoms with E-state index in [-0.39, 0.29) is 0 Å². The molecule has 4 rings (SSSR count). The number of hydrogen-bond donors (Lipinski definition) is 2. The normalized spacial score (nSPS) is 14.8. The predicted molar refractivity (Wildman–Crippen MR) is 102 cm³/mol. The van der Waals surface area contributed by atoms with Gasteiger partial charge in [0.15, 0.2) is 6.04 Å². The van der Waals surface area contributed by atoms with Crippen LogP contribution in [0.25, 0.3) is 11.1 Å². The molecule has 1 atom stereocenters. The highest BCUT2D eigenvalue weighted by Gasteiger charge is 2.30. The summed E-state index contributed by atoms with van der Waals surface area (Å²) in [5, 5.41) is 16.9. The van der Waals surface area contributed by atoms with Crippen LogP contribution in [0, 0.1) is 0 Å². The van der Waals surface area contributed by atoms with Crippen molar-refractivity contribution in [3.63, 3.8) is 0 Å². The number of carbonyl (C=O) groups is 2. The van der Waals surface area contributed by atoms with Gasteiger partial charge in [-0.25, -0.2) is 9.78 Å². The van der Waals surface area contributed by atoms with Gasteiger partial charge in [0.05, 0.1) is 16.6 Å². The Labute approximate surface area is 161 Å². The number of aromatic nitrogens is 2. The van der Waals surface area contributed by atoms with Crippen LogP contribution >= 0.6 is 0 Å². The van der Waals surface area contributed by atoms with Crippen LogP contribution in [0.5, 0.6) is 0 Å². The monoisotopic (exact) mass is 379 g/mol. The zero-order valence-electron chi connectivity index (χ0n) is 15.5. The summed E-state index contributed by atoms with van der Waals surface area (Å²) in [6.07, 6.45) is 3.54. The maximum Gasteiger partial charge on any atom is 0.330 e. The first kappa shape index (κ1) is 18.2. The fraction of sp³-hybridized carbons (Fsp3) is 0.333. The standard InChI is InChI=1S/C21H21N3O4/c1-2-6-15-17-14(11-16(12-9-10-12)22-20(17)28-24-15)19(25)23-18(21(26)27)13-7-4-3-5-8-13/h3-5,7-8,11-12,18H,2,6,9-10H2,1H3,(H,23,25)(H,26,27)/t18-/m1/s1. The molecule has 2 N–H and O–H groups in total. The number of aryl methyl sites for hydroxylation is 1. The van der Waals surface area contributed by atoms with Gasteiger partial charge in [0.1, 0.15) is 0 Å². The highest BCUT2D eigenvalue weighted by atomic mass is 16.5. The van der Waals surface area contributed by atoms with Crippen molar-refractivity contribution in [2.45, 2.75) is 44.6 Å². The number of carboxylic acids is 1. The van der Waals surface area contributed by atoms with Crippen LogP contribution in [0.1, 0.15) is 65.5 Å². The van der Waals surface area contributed by atoms with Gasteiger partial charge in [-0.05, 0) is 30.9 Å². The van der Waals surface area contributed by atoms with Crippen molar-refractivity contribution in [2.24, 2.45) is 0 Å². The average Bonchev–Trinajstić information content (AvgIpc) is 3.48. The number of benzene rings is 1. The van der Waals surface area contributed by atoms with E-state index in [2.05, 4.69) is 15.5 Å². The summed E-state index contributed by atoms with van der Waals surface area (Å²) in [7, 11) is 0. The molecule has 1 aliphatic carbocycles. The molecule has 0 spiro atoms. The number of aliphatic carboxylic acids is 1. The molecule has 144 valence electrons. The summed E-state index contributed by atoms with van der Waals surface area (Å²) in [5.74, 6) is -1.27. The summed E-state index contributed by atoms with van der Waals surface area (Å²) in [4.78, 5) is 29.4. The van der Waals surface area contributed by atoms with Crippen LogP contribution in [0.15, 0.2) is 40.9 Å². The Bertz CT molecular complexity index is 1020. The van der Waals surface area contributed by atoms with Crippen LogP contribution < -0.4 is 5.32 Å². The van der Waals surface area contributed by atoms with E-state index in [1.165, 1.54) is 0 Å². The number of rotatable bonds is 7. The molecule has 0 radical (unpaired) electrons. The third-order valence-corrected chi connectivity index (χ3v) is 4.92. The Morgan fingerprint density at radius 3 is 2.68 bits per heavy atom. The second kappa shape index (κ2) is 7.42. The second-order valence-corrected chi connectivity index (χ2v) is 7.08. The second-order valence-electron chi connectivity index (χ2n) is 7.08. The molecule has 1 aliphatic rings. The third kappa shape index (κ3) is 3.47. The van der Waals surface area contributed by atoms with E-state index < -0.39 is 17.9 Å². The summed E-state index contributed by atoms with van der Waals surface area (Å²) in [6, 6.07) is 9.26. The Balaban J connectivity index is 1.74. The van der Waals surface area contributed by atoms with E-state index in [4.69, 9.17) is 4.52 Å². The summed E-state index contributed by atoms with van der Waals surface area (Å²) < 4.78 is 5.39. The first-order chi connectivity index (χ1) is 13.6. The number of pyridine rings is 1. The lowest BCUT2D eigenvalue weighted by Crippen LogP contribution is -2.34. The van der Waals surface area contributed by atoms with Crippen LogP contribution in [0.3, 0.4) is 0 Å². The van der Waals surface area contributed by atoms with Crippen LogP contribution in [-0.2, 0) is 11.2 Å². The molecule has 1 fully saturated rings. The number of nitrogens with one attached hydrogen (secondary N) is 1. The number of amides is 1. The quantitative estimate of drug-likeness (QED) is 0.650. The number of carbonyl (C=O) groups excluding carboxylic acids is 1. The smallest absolute Gasteiger partial charge is 0.330 e. The first-order valence-electron chi connectivity index (χ1n) is 9.46. The van der Waals surface area contributed by atoms with E-state index in [0.717, 1.165) is 25.0 Å². The molecule has 0 aliphatic heterocycles. The first-order valence-corrected chi connectivity index (χ1v) is 9.46. The minimum absolute atomic E-state index is 0.320. The van der Waals surface area contributed by atoms with Crippen molar-refractivity contribution in [1.29, 1.82) is 0 Å². The average molecular weight is 379 g/mol. The number of hydrogen-bond acceptors (Lipinski definition) is 5. The van der Waals surface area contributed by atoms with Crippen LogP contribution in [0.4, 0.5) is 0 Å². The van der Waals surface area contributed by atoms with Crippen molar-refractivity contribution in [2.75, 3.05) is 0 Å². The Kier molecular flexibility index (Phi) is 4.81. The van der Waals surface area contributed by atoms with E-state index in [0.29, 0.717) is 40.3 Å². The number of nitrogens with zero attached hydrogens (tertiary/aromatic N) is 2. The molecule has 2 aromatic heterocycles. The van der Waals surface area contributed by atoms with Gasteiger partial charge in [-0.1, -0.05) is 48.8 Å². The lowest BCUT2D eigenvalue weighted by molar-refractivity contribution is -0.139. The lowest BCUT2D eigenvalue weighted by Gasteiger charge is -2.15. The maximum absolute atomic E-state index is 13.1. The SMILES string of the molecule is CCCc1noc2nc(C3CC3)cc(C(=O)N[C@@H](C(=O)O)c3ccccc3)c12. The summed E-state index contributed by atoms with van der Waals surface area (Å²) >= 11 is 0. The molecule has 7 heteroatoms. The molecule has 3 aromatic rings. The van der Waals surface area contributed by atoms with Gasteiger partial charge in [0.2, 0.25) is 0 Å². The molecule has 0 bridgehead atoms. The molecular formula is C21H21N3O4. The molecule has 1 aromatic carbocycles. The molecule has 1 saturated carbocycles. The van der Waals surface area contributed by atoms with Gasteiger partial charge in [-0.3, -0.25) is 4.79 Å². The van der Waals surface area contributed by atoms with Crippen molar-refractivity contribution in [3.8, 4) is 0 Å². The number of fused-ring (bicyclic) bond motifs is 1. The Morgan fingerprint density at radius 2 is 2.04 bits per heavy atom. The van der Waals surface area contributed by atoms with Gasteiger partial charge in [-0.2, -0.15) is 0 Å². The minimum atomic E-state index is -1.14.